The zero-order chi connectivity index (χ0) is 18.1. The summed E-state index contributed by atoms with van der Waals surface area (Å²) in [5.41, 5.74) is 1.50. The average molecular weight is 343 g/mol. The number of benzene rings is 2. The summed E-state index contributed by atoms with van der Waals surface area (Å²) in [5.74, 6) is 1.61. The van der Waals surface area contributed by atoms with Crippen LogP contribution in [-0.4, -0.2) is 34.0 Å². The molecule has 132 valence electrons. The van der Waals surface area contributed by atoms with E-state index >= 15 is 0 Å². The van der Waals surface area contributed by atoms with Crippen LogP contribution in [-0.2, 0) is 9.53 Å². The van der Waals surface area contributed by atoms with Gasteiger partial charge in [0, 0.05) is 24.9 Å². The topological polar surface area (TPSA) is 66.0 Å². The maximum absolute atomic E-state index is 12.0. The van der Waals surface area contributed by atoms with Crippen molar-refractivity contribution < 1.29 is 23.7 Å². The SMILES string of the molecule is COCOc1ccc(/C=C/C(=O)Nc2ccc(OC)c(OC)c2)cc1. The lowest BCUT2D eigenvalue weighted by atomic mass is 10.2. The fourth-order valence-electron chi connectivity index (χ4n) is 2.07. The molecule has 2 rings (SSSR count). The molecule has 2 aromatic carbocycles. The third-order valence-electron chi connectivity index (χ3n) is 3.30. The van der Waals surface area contributed by atoms with Gasteiger partial charge in [0.05, 0.1) is 14.2 Å². The number of carbonyl (C=O) groups excluding carboxylic acids is 1. The average Bonchev–Trinajstić information content (AvgIpc) is 2.65. The molecule has 0 saturated carbocycles. The highest BCUT2D eigenvalue weighted by atomic mass is 16.7. The molecule has 0 heterocycles. The van der Waals surface area contributed by atoms with Gasteiger partial charge in [0.15, 0.2) is 18.3 Å². The van der Waals surface area contributed by atoms with Gasteiger partial charge in [-0.25, -0.2) is 0 Å². The Morgan fingerprint density at radius 3 is 2.36 bits per heavy atom. The second kappa shape index (κ2) is 9.34. The fourth-order valence-corrected chi connectivity index (χ4v) is 2.07. The minimum Gasteiger partial charge on any atom is -0.493 e. The molecule has 0 aliphatic heterocycles. The van der Waals surface area contributed by atoms with Gasteiger partial charge in [0.1, 0.15) is 5.75 Å². The summed E-state index contributed by atoms with van der Waals surface area (Å²) in [6.45, 7) is 0.197. The number of methoxy groups -OCH3 is 3. The van der Waals surface area contributed by atoms with Crippen molar-refractivity contribution in [3.8, 4) is 17.2 Å². The molecule has 0 saturated heterocycles. The molecule has 6 heteroatoms. The fraction of sp³-hybridized carbons (Fsp3) is 0.211. The molecule has 0 aromatic heterocycles. The van der Waals surface area contributed by atoms with Crippen LogP contribution < -0.4 is 19.5 Å². The second-order valence-electron chi connectivity index (χ2n) is 5.01. The number of amides is 1. The van der Waals surface area contributed by atoms with Crippen LogP contribution in [0.4, 0.5) is 5.69 Å². The summed E-state index contributed by atoms with van der Waals surface area (Å²) in [5, 5.41) is 2.77. The summed E-state index contributed by atoms with van der Waals surface area (Å²) in [4.78, 5) is 12.0. The third kappa shape index (κ3) is 5.54. The van der Waals surface area contributed by atoms with Crippen LogP contribution >= 0.6 is 0 Å². The van der Waals surface area contributed by atoms with Crippen molar-refractivity contribution in [1.82, 2.24) is 0 Å². The predicted octanol–water partition coefficient (Wildman–Crippen LogP) is 3.34. The molecule has 0 radical (unpaired) electrons. The molecule has 0 aliphatic carbocycles. The minimum atomic E-state index is -0.244. The zero-order valence-corrected chi connectivity index (χ0v) is 14.4. The van der Waals surface area contributed by atoms with Gasteiger partial charge in [-0.2, -0.15) is 0 Å². The van der Waals surface area contributed by atoms with Gasteiger partial charge in [0.25, 0.3) is 0 Å². The Morgan fingerprint density at radius 2 is 1.72 bits per heavy atom. The lowest BCUT2D eigenvalue weighted by Gasteiger charge is -2.09. The highest BCUT2D eigenvalue weighted by molar-refractivity contribution is 6.02. The number of rotatable bonds is 8. The van der Waals surface area contributed by atoms with E-state index < -0.39 is 0 Å². The van der Waals surface area contributed by atoms with Crippen LogP contribution in [0.3, 0.4) is 0 Å². The maximum Gasteiger partial charge on any atom is 0.248 e. The molecule has 0 aliphatic rings. The normalized spacial score (nSPS) is 10.5. The van der Waals surface area contributed by atoms with Crippen molar-refractivity contribution in [2.24, 2.45) is 0 Å². The standard InChI is InChI=1S/C19H21NO5/c1-22-13-25-16-8-4-14(5-9-16)6-11-19(21)20-15-7-10-17(23-2)18(12-15)24-3/h4-12H,13H2,1-3H3,(H,20,21)/b11-6+. The van der Waals surface area contributed by atoms with Crippen molar-refractivity contribution in [1.29, 1.82) is 0 Å². The summed E-state index contributed by atoms with van der Waals surface area (Å²) < 4.78 is 20.5. The number of nitrogens with one attached hydrogen (secondary N) is 1. The number of hydrogen-bond donors (Lipinski definition) is 1. The van der Waals surface area contributed by atoms with Gasteiger partial charge in [-0.3, -0.25) is 4.79 Å². The molecule has 2 aromatic rings. The first kappa shape index (κ1) is 18.4. The smallest absolute Gasteiger partial charge is 0.248 e. The third-order valence-corrected chi connectivity index (χ3v) is 3.30. The van der Waals surface area contributed by atoms with Crippen LogP contribution in [0.5, 0.6) is 17.2 Å². The molecule has 6 nitrogen and oxygen atoms in total. The van der Waals surface area contributed by atoms with Gasteiger partial charge in [-0.15, -0.1) is 0 Å². The van der Waals surface area contributed by atoms with E-state index in [0.29, 0.717) is 22.9 Å². The van der Waals surface area contributed by atoms with E-state index in [-0.39, 0.29) is 12.7 Å². The Morgan fingerprint density at radius 1 is 1.00 bits per heavy atom. The number of anilines is 1. The quantitative estimate of drug-likeness (QED) is 0.588. The predicted molar refractivity (Wildman–Crippen MR) is 96.2 cm³/mol. The van der Waals surface area contributed by atoms with Crippen LogP contribution in [0.1, 0.15) is 5.56 Å². The molecule has 0 atom stereocenters. The van der Waals surface area contributed by atoms with Crippen molar-refractivity contribution in [3.05, 3.63) is 54.1 Å². The Bertz CT molecular complexity index is 725. The first-order valence-corrected chi connectivity index (χ1v) is 7.59. The largest absolute Gasteiger partial charge is 0.493 e. The van der Waals surface area contributed by atoms with E-state index in [1.807, 2.05) is 24.3 Å². The highest BCUT2D eigenvalue weighted by Crippen LogP contribution is 2.29. The summed E-state index contributed by atoms with van der Waals surface area (Å²) in [6.07, 6.45) is 3.18. The highest BCUT2D eigenvalue weighted by Gasteiger charge is 2.05. The molecule has 0 spiro atoms. The molecule has 25 heavy (non-hydrogen) atoms. The van der Waals surface area contributed by atoms with Crippen molar-refractivity contribution in [2.45, 2.75) is 0 Å². The summed E-state index contributed by atoms with van der Waals surface area (Å²) in [6, 6.07) is 12.5. The zero-order valence-electron chi connectivity index (χ0n) is 14.4. The Balaban J connectivity index is 1.96. The van der Waals surface area contributed by atoms with Gasteiger partial charge >= 0.3 is 0 Å². The second-order valence-corrected chi connectivity index (χ2v) is 5.01. The van der Waals surface area contributed by atoms with Gasteiger partial charge in [0.2, 0.25) is 5.91 Å². The van der Waals surface area contributed by atoms with Crippen molar-refractivity contribution in [2.75, 3.05) is 33.4 Å². The van der Waals surface area contributed by atoms with E-state index in [0.717, 1.165) is 5.56 Å². The maximum atomic E-state index is 12.0. The molecule has 1 N–H and O–H groups in total. The first-order valence-electron chi connectivity index (χ1n) is 7.59. The molecule has 0 fully saturated rings. The molecule has 0 unspecified atom stereocenters. The van der Waals surface area contributed by atoms with Gasteiger partial charge < -0.3 is 24.3 Å². The van der Waals surface area contributed by atoms with Crippen molar-refractivity contribution in [3.63, 3.8) is 0 Å². The van der Waals surface area contributed by atoms with Crippen LogP contribution in [0, 0.1) is 0 Å². The van der Waals surface area contributed by atoms with Crippen molar-refractivity contribution >= 4 is 17.7 Å². The van der Waals surface area contributed by atoms with Crippen LogP contribution in [0.15, 0.2) is 48.5 Å². The van der Waals surface area contributed by atoms with Crippen LogP contribution in [0.2, 0.25) is 0 Å². The Kier molecular flexibility index (Phi) is 6.86. The first-order chi connectivity index (χ1) is 12.2. The Hall–Kier alpha value is -2.99. The number of ether oxygens (including phenoxy) is 4. The molecular formula is C19H21NO5. The lowest BCUT2D eigenvalue weighted by molar-refractivity contribution is -0.111. The number of carbonyl (C=O) groups is 1. The minimum absolute atomic E-state index is 0.197. The van der Waals surface area contributed by atoms with Crippen LogP contribution in [0.25, 0.3) is 6.08 Å². The number of hydrogen-bond acceptors (Lipinski definition) is 5. The summed E-state index contributed by atoms with van der Waals surface area (Å²) in [7, 11) is 4.67. The monoisotopic (exact) mass is 343 g/mol. The molecule has 0 bridgehead atoms. The lowest BCUT2D eigenvalue weighted by Crippen LogP contribution is -2.07. The van der Waals surface area contributed by atoms with E-state index in [2.05, 4.69) is 5.32 Å². The Labute approximate surface area is 147 Å². The van der Waals surface area contributed by atoms with Gasteiger partial charge in [-0.1, -0.05) is 12.1 Å². The van der Waals surface area contributed by atoms with Gasteiger partial charge in [-0.05, 0) is 35.9 Å². The molecule has 1 amide bonds. The molecular weight excluding hydrogens is 322 g/mol. The van der Waals surface area contributed by atoms with E-state index in [1.54, 1.807) is 45.6 Å². The van der Waals surface area contributed by atoms with E-state index in [9.17, 15) is 4.79 Å². The summed E-state index contributed by atoms with van der Waals surface area (Å²) >= 11 is 0. The van der Waals surface area contributed by atoms with E-state index in [1.165, 1.54) is 6.08 Å². The van der Waals surface area contributed by atoms with E-state index in [4.69, 9.17) is 18.9 Å².